The fraction of sp³-hybridized carbons (Fsp3) is 0.391. The van der Waals surface area contributed by atoms with Crippen LogP contribution < -0.4 is 0 Å². The number of ether oxygens (including phenoxy) is 2. The highest BCUT2D eigenvalue weighted by Gasteiger charge is 2.50. The molecule has 148 valence electrons. The zero-order valence-electron chi connectivity index (χ0n) is 16.6. The lowest BCUT2D eigenvalue weighted by molar-refractivity contribution is -0.147. The number of amides is 1. The fourth-order valence-corrected chi connectivity index (χ4v) is 3.34. The van der Waals surface area contributed by atoms with E-state index in [9.17, 15) is 9.59 Å². The maximum atomic E-state index is 12.9. The van der Waals surface area contributed by atoms with Crippen LogP contribution in [-0.4, -0.2) is 29.2 Å². The van der Waals surface area contributed by atoms with Crippen LogP contribution in [0.1, 0.15) is 38.3 Å². The molecule has 2 aromatic rings. The Hall–Kier alpha value is -2.82. The molecule has 1 amide bonds. The summed E-state index contributed by atoms with van der Waals surface area (Å²) in [5, 5.41) is 0. The van der Waals surface area contributed by atoms with E-state index in [2.05, 4.69) is 0 Å². The Bertz CT molecular complexity index is 798. The van der Waals surface area contributed by atoms with Gasteiger partial charge >= 0.3 is 12.1 Å². The van der Waals surface area contributed by atoms with Crippen LogP contribution in [0.3, 0.4) is 0 Å². The summed E-state index contributed by atoms with van der Waals surface area (Å²) in [4.78, 5) is 27.0. The minimum absolute atomic E-state index is 0.159. The van der Waals surface area contributed by atoms with E-state index in [0.29, 0.717) is 12.8 Å². The molecule has 1 saturated heterocycles. The molecule has 0 N–H and O–H groups in total. The van der Waals surface area contributed by atoms with Crippen LogP contribution in [0, 0.1) is 5.41 Å². The van der Waals surface area contributed by atoms with Crippen molar-refractivity contribution in [2.45, 2.75) is 52.5 Å². The highest BCUT2D eigenvalue weighted by atomic mass is 16.6. The van der Waals surface area contributed by atoms with E-state index in [0.717, 1.165) is 11.1 Å². The monoisotopic (exact) mass is 381 g/mol. The predicted octanol–water partition coefficient (Wildman–Crippen LogP) is 4.56. The molecule has 0 radical (unpaired) electrons. The highest BCUT2D eigenvalue weighted by Crippen LogP contribution is 2.34. The lowest BCUT2D eigenvalue weighted by Crippen LogP contribution is -2.48. The van der Waals surface area contributed by atoms with Gasteiger partial charge < -0.3 is 9.47 Å². The van der Waals surface area contributed by atoms with Crippen molar-refractivity contribution in [3.8, 4) is 0 Å². The van der Waals surface area contributed by atoms with Gasteiger partial charge in [0.15, 0.2) is 6.23 Å². The summed E-state index contributed by atoms with van der Waals surface area (Å²) in [5.74, 6) is -0.368. The molecule has 2 atom stereocenters. The van der Waals surface area contributed by atoms with Crippen molar-refractivity contribution < 1.29 is 19.1 Å². The van der Waals surface area contributed by atoms with Gasteiger partial charge in [0.05, 0.1) is 0 Å². The summed E-state index contributed by atoms with van der Waals surface area (Å²) in [6, 6.07) is 18.8. The van der Waals surface area contributed by atoms with Crippen molar-refractivity contribution in [1.82, 2.24) is 4.90 Å². The molecule has 5 nitrogen and oxygen atoms in total. The molecule has 1 aliphatic heterocycles. The average Bonchev–Trinajstić information content (AvgIpc) is 3.03. The summed E-state index contributed by atoms with van der Waals surface area (Å²) in [6.07, 6.45) is 0.00670. The van der Waals surface area contributed by atoms with Crippen molar-refractivity contribution in [3.05, 3.63) is 71.8 Å². The lowest BCUT2D eigenvalue weighted by Gasteiger charge is -2.33. The molecular weight excluding hydrogens is 354 g/mol. The van der Waals surface area contributed by atoms with Crippen molar-refractivity contribution in [2.75, 3.05) is 0 Å². The van der Waals surface area contributed by atoms with E-state index in [1.807, 2.05) is 81.4 Å². The van der Waals surface area contributed by atoms with E-state index in [-0.39, 0.29) is 12.6 Å². The molecule has 0 aliphatic carbocycles. The van der Waals surface area contributed by atoms with E-state index >= 15 is 0 Å². The topological polar surface area (TPSA) is 55.8 Å². The number of carbonyl (C=O) groups is 2. The third-order valence-corrected chi connectivity index (χ3v) is 4.79. The highest BCUT2D eigenvalue weighted by molar-refractivity contribution is 5.84. The van der Waals surface area contributed by atoms with Gasteiger partial charge in [-0.2, -0.15) is 0 Å². The molecule has 0 aromatic heterocycles. The molecule has 0 saturated carbocycles. The fourth-order valence-electron chi connectivity index (χ4n) is 3.34. The largest absolute Gasteiger partial charge is 0.444 e. The summed E-state index contributed by atoms with van der Waals surface area (Å²) in [6.45, 7) is 6.00. The summed E-state index contributed by atoms with van der Waals surface area (Å²) >= 11 is 0. The van der Waals surface area contributed by atoms with Gasteiger partial charge in [0.2, 0.25) is 0 Å². The van der Waals surface area contributed by atoms with Crippen molar-refractivity contribution in [2.24, 2.45) is 5.41 Å². The zero-order chi connectivity index (χ0) is 20.1. The summed E-state index contributed by atoms with van der Waals surface area (Å²) < 4.78 is 11.1. The quantitative estimate of drug-likeness (QED) is 0.713. The van der Waals surface area contributed by atoms with E-state index in [4.69, 9.17) is 9.47 Å². The summed E-state index contributed by atoms with van der Waals surface area (Å²) in [5.41, 5.74) is 1.60. The van der Waals surface area contributed by atoms with E-state index in [1.165, 1.54) is 4.90 Å². The van der Waals surface area contributed by atoms with Crippen molar-refractivity contribution in [1.29, 1.82) is 0 Å². The molecule has 1 fully saturated rings. The number of hydrogen-bond acceptors (Lipinski definition) is 4. The van der Waals surface area contributed by atoms with Gasteiger partial charge in [-0.1, -0.05) is 81.4 Å². The number of rotatable bonds is 5. The second kappa shape index (κ2) is 8.46. The predicted molar refractivity (Wildman–Crippen MR) is 106 cm³/mol. The Morgan fingerprint density at radius 1 is 1.00 bits per heavy atom. The minimum Gasteiger partial charge on any atom is -0.444 e. The van der Waals surface area contributed by atoms with Gasteiger partial charge in [0.1, 0.15) is 12.6 Å². The smallest absolute Gasteiger partial charge is 0.413 e. The number of cyclic esters (lactones) is 1. The SMILES string of the molecule is CC(C)(C)[C@@H]1OC(=O)[C@H](CCc2ccccc2)N1C(=O)OCc1ccccc1. The maximum Gasteiger partial charge on any atom is 0.413 e. The standard InChI is InChI=1S/C23H27NO4/c1-23(2,3)21-24(22(26)27-16-18-12-8-5-9-13-18)19(20(25)28-21)15-14-17-10-6-4-7-11-17/h4-13,19,21H,14-16H2,1-3H3/t19-,21-/m0/s1. The van der Waals surface area contributed by atoms with Gasteiger partial charge in [-0.25, -0.2) is 9.59 Å². The number of nitrogens with zero attached hydrogens (tertiary/aromatic N) is 1. The van der Waals surface area contributed by atoms with Crippen LogP contribution in [-0.2, 0) is 27.3 Å². The number of carbonyl (C=O) groups excluding carboxylic acids is 2. The van der Waals surface area contributed by atoms with Crippen LogP contribution >= 0.6 is 0 Å². The Kier molecular flexibility index (Phi) is 6.02. The van der Waals surface area contributed by atoms with Crippen LogP contribution in [0.15, 0.2) is 60.7 Å². The first-order chi connectivity index (χ1) is 13.4. The zero-order valence-corrected chi connectivity index (χ0v) is 16.6. The molecule has 1 heterocycles. The molecular formula is C23H27NO4. The Balaban J connectivity index is 1.74. The van der Waals surface area contributed by atoms with Crippen molar-refractivity contribution >= 4 is 12.1 Å². The van der Waals surface area contributed by atoms with Crippen LogP contribution in [0.4, 0.5) is 4.79 Å². The van der Waals surface area contributed by atoms with Gasteiger partial charge in [-0.15, -0.1) is 0 Å². The van der Waals surface area contributed by atoms with Crippen LogP contribution in [0.25, 0.3) is 0 Å². The molecule has 0 bridgehead atoms. The third kappa shape index (κ3) is 4.71. The molecule has 0 spiro atoms. The Labute approximate surface area is 166 Å². The second-order valence-electron chi connectivity index (χ2n) is 8.14. The minimum atomic E-state index is -0.649. The molecule has 3 rings (SSSR count). The molecule has 0 unspecified atom stereocenters. The number of benzene rings is 2. The normalized spacial score (nSPS) is 19.4. The molecule has 1 aliphatic rings. The van der Waals surface area contributed by atoms with Gasteiger partial charge in [-0.05, 0) is 24.0 Å². The summed E-state index contributed by atoms with van der Waals surface area (Å²) in [7, 11) is 0. The Morgan fingerprint density at radius 3 is 2.14 bits per heavy atom. The lowest BCUT2D eigenvalue weighted by atomic mass is 9.93. The van der Waals surface area contributed by atoms with Gasteiger partial charge in [-0.3, -0.25) is 4.90 Å². The number of aryl methyl sites for hydroxylation is 1. The van der Waals surface area contributed by atoms with Crippen LogP contribution in [0.2, 0.25) is 0 Å². The third-order valence-electron chi connectivity index (χ3n) is 4.79. The molecule has 5 heteroatoms. The Morgan fingerprint density at radius 2 is 1.57 bits per heavy atom. The second-order valence-corrected chi connectivity index (χ2v) is 8.14. The molecule has 28 heavy (non-hydrogen) atoms. The first-order valence-electron chi connectivity index (χ1n) is 9.59. The molecule has 2 aromatic carbocycles. The van der Waals surface area contributed by atoms with Gasteiger partial charge in [0.25, 0.3) is 0 Å². The van der Waals surface area contributed by atoms with Gasteiger partial charge in [0, 0.05) is 5.41 Å². The van der Waals surface area contributed by atoms with E-state index < -0.39 is 23.8 Å². The van der Waals surface area contributed by atoms with Crippen molar-refractivity contribution in [3.63, 3.8) is 0 Å². The van der Waals surface area contributed by atoms with E-state index in [1.54, 1.807) is 0 Å². The average molecular weight is 381 g/mol. The maximum absolute atomic E-state index is 12.9. The number of hydrogen-bond donors (Lipinski definition) is 0. The first kappa shape index (κ1) is 19.9. The number of esters is 1. The van der Waals surface area contributed by atoms with Crippen LogP contribution in [0.5, 0.6) is 0 Å². The first-order valence-corrected chi connectivity index (χ1v) is 9.59.